The van der Waals surface area contributed by atoms with Crippen molar-refractivity contribution < 1.29 is 14.6 Å². The van der Waals surface area contributed by atoms with Crippen molar-refractivity contribution in [1.82, 2.24) is 0 Å². The number of carbonyl (C=O) groups is 1. The summed E-state index contributed by atoms with van der Waals surface area (Å²) in [5, 5.41) is 8.81. The summed E-state index contributed by atoms with van der Waals surface area (Å²) in [6.45, 7) is 0.202. The fraction of sp³-hybridized carbons (Fsp3) is 0.364. The number of hydrogen-bond acceptors (Lipinski definition) is 3. The first-order chi connectivity index (χ1) is 7.26. The van der Waals surface area contributed by atoms with Crippen LogP contribution in [0.25, 0.3) is 0 Å². The molecule has 1 aromatic rings. The van der Waals surface area contributed by atoms with Gasteiger partial charge in [-0.2, -0.15) is 0 Å². The first kappa shape index (κ1) is 9.98. The lowest BCUT2D eigenvalue weighted by molar-refractivity contribution is -0.121. The van der Waals surface area contributed by atoms with E-state index in [2.05, 4.69) is 0 Å². The molecule has 0 spiro atoms. The normalized spacial score (nSPS) is 13.9. The molecule has 1 aromatic carbocycles. The predicted molar refractivity (Wildman–Crippen MR) is 56.1 cm³/mol. The second-order valence-corrected chi connectivity index (χ2v) is 3.45. The van der Waals surface area contributed by atoms with Crippen LogP contribution in [0.15, 0.2) is 18.2 Å². The zero-order chi connectivity index (χ0) is 10.8. The summed E-state index contributed by atoms with van der Waals surface area (Å²) in [5.74, 6) is 0.547. The van der Waals surface area contributed by atoms with Crippen LogP contribution in [0.1, 0.15) is 5.56 Å². The number of aliphatic hydroxyl groups is 1. The summed E-state index contributed by atoms with van der Waals surface area (Å²) in [7, 11) is 1.62. The van der Waals surface area contributed by atoms with E-state index < -0.39 is 6.61 Å². The molecule has 0 aromatic heterocycles. The molecule has 0 fully saturated rings. The Morgan fingerprint density at radius 3 is 3.07 bits per heavy atom. The highest BCUT2D eigenvalue weighted by Crippen LogP contribution is 2.31. The van der Waals surface area contributed by atoms with Crippen LogP contribution in [0.5, 0.6) is 5.75 Å². The zero-order valence-corrected chi connectivity index (χ0v) is 8.56. The molecule has 0 radical (unpaired) electrons. The Hall–Kier alpha value is -1.55. The Morgan fingerprint density at radius 1 is 1.60 bits per heavy atom. The number of nitrogens with zero attached hydrogens (tertiary/aromatic N) is 1. The monoisotopic (exact) mass is 207 g/mol. The van der Waals surface area contributed by atoms with Crippen LogP contribution in [0.4, 0.5) is 5.69 Å². The minimum Gasteiger partial charge on any atom is -0.497 e. The molecular weight excluding hydrogens is 194 g/mol. The van der Waals surface area contributed by atoms with Gasteiger partial charge in [0.05, 0.1) is 7.11 Å². The lowest BCUT2D eigenvalue weighted by atomic mass is 10.1. The van der Waals surface area contributed by atoms with E-state index in [4.69, 9.17) is 9.84 Å². The van der Waals surface area contributed by atoms with Crippen LogP contribution in [0, 0.1) is 0 Å². The van der Waals surface area contributed by atoms with Gasteiger partial charge in [-0.3, -0.25) is 4.79 Å². The summed E-state index contributed by atoms with van der Waals surface area (Å²) < 4.78 is 5.11. The molecule has 4 nitrogen and oxygen atoms in total. The number of rotatable bonds is 2. The third kappa shape index (κ3) is 1.68. The van der Waals surface area contributed by atoms with Gasteiger partial charge in [-0.15, -0.1) is 0 Å². The smallest absolute Gasteiger partial charge is 0.252 e. The number of amides is 1. The van der Waals surface area contributed by atoms with Gasteiger partial charge in [0.25, 0.3) is 5.91 Å². The highest BCUT2D eigenvalue weighted by Gasteiger charge is 2.23. The average molecular weight is 207 g/mol. The lowest BCUT2D eigenvalue weighted by Gasteiger charge is -2.15. The molecule has 4 heteroatoms. The van der Waals surface area contributed by atoms with E-state index in [9.17, 15) is 4.79 Å². The number of ether oxygens (including phenoxy) is 1. The molecule has 0 saturated carbocycles. The third-order valence-electron chi connectivity index (χ3n) is 2.62. The van der Waals surface area contributed by atoms with E-state index in [1.54, 1.807) is 12.0 Å². The van der Waals surface area contributed by atoms with Crippen LogP contribution < -0.4 is 9.64 Å². The molecule has 2 rings (SSSR count). The van der Waals surface area contributed by atoms with Gasteiger partial charge in [-0.25, -0.2) is 0 Å². The summed E-state index contributed by atoms with van der Waals surface area (Å²) in [6, 6.07) is 5.61. The molecule has 1 N–H and O–H groups in total. The Morgan fingerprint density at radius 2 is 2.40 bits per heavy atom. The SMILES string of the molecule is COc1ccc2c(c1)CCN2C(=O)CO. The van der Waals surface area contributed by atoms with Gasteiger partial charge in [0.2, 0.25) is 0 Å². The number of hydrogen-bond donors (Lipinski definition) is 1. The van der Waals surface area contributed by atoms with Crippen molar-refractivity contribution in [2.24, 2.45) is 0 Å². The van der Waals surface area contributed by atoms with E-state index in [0.29, 0.717) is 6.54 Å². The fourth-order valence-electron chi connectivity index (χ4n) is 1.85. The van der Waals surface area contributed by atoms with Crippen molar-refractivity contribution in [3.63, 3.8) is 0 Å². The molecule has 1 heterocycles. The van der Waals surface area contributed by atoms with Gasteiger partial charge in [-0.05, 0) is 30.2 Å². The molecule has 15 heavy (non-hydrogen) atoms. The highest BCUT2D eigenvalue weighted by molar-refractivity contribution is 5.96. The van der Waals surface area contributed by atoms with Gasteiger partial charge in [-0.1, -0.05) is 0 Å². The molecule has 1 aliphatic rings. The average Bonchev–Trinajstić information content (AvgIpc) is 2.70. The van der Waals surface area contributed by atoms with Crippen molar-refractivity contribution in [2.75, 3.05) is 25.2 Å². The summed E-state index contributed by atoms with van der Waals surface area (Å²) in [5.41, 5.74) is 1.98. The van der Waals surface area contributed by atoms with Crippen molar-refractivity contribution in [2.45, 2.75) is 6.42 Å². The topological polar surface area (TPSA) is 49.8 Å². The van der Waals surface area contributed by atoms with E-state index >= 15 is 0 Å². The number of anilines is 1. The number of carbonyl (C=O) groups excluding carboxylic acids is 1. The molecule has 1 aliphatic heterocycles. The van der Waals surface area contributed by atoms with E-state index in [-0.39, 0.29) is 5.91 Å². The van der Waals surface area contributed by atoms with E-state index in [1.165, 1.54) is 0 Å². The van der Waals surface area contributed by atoms with Crippen LogP contribution in [-0.2, 0) is 11.2 Å². The molecule has 0 atom stereocenters. The van der Waals surface area contributed by atoms with Crippen LogP contribution in [0.2, 0.25) is 0 Å². The Kier molecular flexibility index (Phi) is 2.60. The van der Waals surface area contributed by atoms with E-state index in [1.807, 2.05) is 18.2 Å². The number of aliphatic hydroxyl groups excluding tert-OH is 1. The standard InChI is InChI=1S/C11H13NO3/c1-15-9-2-3-10-8(6-9)4-5-12(10)11(14)7-13/h2-3,6,13H,4-5,7H2,1H3. The first-order valence-electron chi connectivity index (χ1n) is 4.84. The van der Waals surface area contributed by atoms with Crippen molar-refractivity contribution >= 4 is 11.6 Å². The lowest BCUT2D eigenvalue weighted by Crippen LogP contribution is -2.31. The largest absolute Gasteiger partial charge is 0.497 e. The zero-order valence-electron chi connectivity index (χ0n) is 8.56. The third-order valence-corrected chi connectivity index (χ3v) is 2.62. The Labute approximate surface area is 88.1 Å². The minimum absolute atomic E-state index is 0.251. The molecule has 80 valence electrons. The molecule has 1 amide bonds. The molecule has 0 saturated heterocycles. The van der Waals surface area contributed by atoms with Crippen molar-refractivity contribution in [1.29, 1.82) is 0 Å². The highest BCUT2D eigenvalue weighted by atomic mass is 16.5. The Balaban J connectivity index is 2.32. The maximum atomic E-state index is 11.4. The van der Waals surface area contributed by atoms with Gasteiger partial charge in [0.15, 0.2) is 0 Å². The number of benzene rings is 1. The van der Waals surface area contributed by atoms with Crippen LogP contribution >= 0.6 is 0 Å². The second-order valence-electron chi connectivity index (χ2n) is 3.45. The number of methoxy groups -OCH3 is 1. The molecular formula is C11H13NO3. The predicted octanol–water partition coefficient (Wildman–Crippen LogP) is 0.577. The quantitative estimate of drug-likeness (QED) is 0.771. The fourth-order valence-corrected chi connectivity index (χ4v) is 1.85. The Bertz CT molecular complexity index is 389. The molecule has 0 bridgehead atoms. The maximum Gasteiger partial charge on any atom is 0.252 e. The first-order valence-corrected chi connectivity index (χ1v) is 4.84. The van der Waals surface area contributed by atoms with Crippen molar-refractivity contribution in [3.05, 3.63) is 23.8 Å². The van der Waals surface area contributed by atoms with Gasteiger partial charge < -0.3 is 14.7 Å². The number of fused-ring (bicyclic) bond motifs is 1. The molecule has 0 unspecified atom stereocenters. The maximum absolute atomic E-state index is 11.4. The second kappa shape index (κ2) is 3.90. The van der Waals surface area contributed by atoms with Crippen molar-refractivity contribution in [3.8, 4) is 5.75 Å². The van der Waals surface area contributed by atoms with E-state index in [0.717, 1.165) is 23.4 Å². The summed E-state index contributed by atoms with van der Waals surface area (Å²) in [4.78, 5) is 13.0. The van der Waals surface area contributed by atoms with Crippen LogP contribution in [-0.4, -0.2) is 31.3 Å². The molecule has 0 aliphatic carbocycles. The summed E-state index contributed by atoms with van der Waals surface area (Å²) in [6.07, 6.45) is 0.818. The summed E-state index contributed by atoms with van der Waals surface area (Å²) >= 11 is 0. The van der Waals surface area contributed by atoms with Gasteiger partial charge in [0.1, 0.15) is 12.4 Å². The van der Waals surface area contributed by atoms with Gasteiger partial charge >= 0.3 is 0 Å². The van der Waals surface area contributed by atoms with Gasteiger partial charge in [0, 0.05) is 12.2 Å². The van der Waals surface area contributed by atoms with Crippen LogP contribution in [0.3, 0.4) is 0 Å². The minimum atomic E-state index is -0.439.